The number of ether oxygens (including phenoxy) is 2. The Morgan fingerprint density at radius 1 is 1.06 bits per heavy atom. The Labute approximate surface area is 212 Å². The zero-order valence-corrected chi connectivity index (χ0v) is 22.5. The molecule has 35 heavy (non-hydrogen) atoms. The van der Waals surface area contributed by atoms with Gasteiger partial charge in [0.25, 0.3) is 0 Å². The Morgan fingerprint density at radius 3 is 2.51 bits per heavy atom. The molecule has 198 valence electrons. The first-order valence-corrected chi connectivity index (χ1v) is 14.7. The predicted octanol–water partition coefficient (Wildman–Crippen LogP) is 6.48. The molecule has 0 amide bonds. The smallest absolute Gasteiger partial charge is 0.303 e. The Hall–Kier alpha value is -0.940. The summed E-state index contributed by atoms with van der Waals surface area (Å²) in [6.45, 7) is 10.2. The number of carboxylic acids is 1. The highest BCUT2D eigenvalue weighted by Crippen LogP contribution is 2.68. The average molecular weight is 489 g/mol. The lowest BCUT2D eigenvalue weighted by atomic mass is 9.42. The van der Waals surface area contributed by atoms with E-state index >= 15 is 0 Å². The van der Waals surface area contributed by atoms with Crippen LogP contribution in [0.15, 0.2) is 0 Å². The number of hydrogen-bond acceptors (Lipinski definition) is 4. The maximum atomic E-state index is 14.1. The molecule has 0 aromatic carbocycles. The molecule has 5 heteroatoms. The zero-order valence-electron chi connectivity index (χ0n) is 22.5. The Balaban J connectivity index is 1.32. The van der Waals surface area contributed by atoms with Crippen molar-refractivity contribution in [2.24, 2.45) is 52.3 Å². The summed E-state index contributed by atoms with van der Waals surface area (Å²) in [5, 5.41) is 9.21. The lowest BCUT2D eigenvalue weighted by Crippen LogP contribution is -2.60. The van der Waals surface area contributed by atoms with Gasteiger partial charge in [0.1, 0.15) is 5.78 Å². The number of Topliss-reactive ketones (excluding diaryl/α,β-unsaturated/α-hetero) is 1. The fraction of sp³-hybridized carbons (Fsp3) is 0.933. The molecule has 1 saturated heterocycles. The SMILES string of the molecule is C[C@H](CCC(=O)O)C1CCC2C3C(=O)[C@H](C)C4C[C@H](OC5CCCCO5)CC[C@]4(C)C3CC[C@@]21C. The van der Waals surface area contributed by atoms with Crippen LogP contribution in [0.1, 0.15) is 105 Å². The first kappa shape index (κ1) is 25.7. The lowest BCUT2D eigenvalue weighted by Gasteiger charge is -2.62. The van der Waals surface area contributed by atoms with Crippen molar-refractivity contribution in [1.29, 1.82) is 0 Å². The third kappa shape index (κ3) is 4.41. The van der Waals surface area contributed by atoms with Crippen LogP contribution in [0.2, 0.25) is 0 Å². The van der Waals surface area contributed by atoms with Crippen molar-refractivity contribution in [3.8, 4) is 0 Å². The third-order valence-corrected chi connectivity index (χ3v) is 11.9. The first-order valence-electron chi connectivity index (χ1n) is 14.7. The monoisotopic (exact) mass is 488 g/mol. The molecule has 0 bridgehead atoms. The molecule has 5 nitrogen and oxygen atoms in total. The van der Waals surface area contributed by atoms with Gasteiger partial charge in [-0.25, -0.2) is 0 Å². The summed E-state index contributed by atoms with van der Waals surface area (Å²) < 4.78 is 12.3. The second kappa shape index (κ2) is 9.74. The van der Waals surface area contributed by atoms with Crippen LogP contribution in [0.5, 0.6) is 0 Å². The van der Waals surface area contributed by atoms with Crippen molar-refractivity contribution in [1.82, 2.24) is 0 Å². The molecular weight excluding hydrogens is 440 g/mol. The summed E-state index contributed by atoms with van der Waals surface area (Å²) in [4.78, 5) is 25.3. The van der Waals surface area contributed by atoms with Crippen molar-refractivity contribution in [2.45, 2.75) is 117 Å². The molecule has 6 unspecified atom stereocenters. The van der Waals surface area contributed by atoms with Crippen LogP contribution in [-0.4, -0.2) is 35.9 Å². The minimum Gasteiger partial charge on any atom is -0.481 e. The third-order valence-electron chi connectivity index (χ3n) is 11.9. The minimum absolute atomic E-state index is 0.0469. The summed E-state index contributed by atoms with van der Waals surface area (Å²) in [6.07, 6.45) is 12.4. The van der Waals surface area contributed by atoms with Crippen molar-refractivity contribution in [3.63, 3.8) is 0 Å². The van der Waals surface area contributed by atoms with E-state index in [-0.39, 0.29) is 41.5 Å². The molecule has 0 aromatic heterocycles. The molecular formula is C30H48O5. The lowest BCUT2D eigenvalue weighted by molar-refractivity contribution is -0.215. The highest BCUT2D eigenvalue weighted by atomic mass is 16.7. The number of aliphatic carboxylic acids is 1. The van der Waals surface area contributed by atoms with E-state index in [0.29, 0.717) is 35.4 Å². The highest BCUT2D eigenvalue weighted by Gasteiger charge is 2.64. The van der Waals surface area contributed by atoms with E-state index in [1.807, 2.05) is 0 Å². The van der Waals surface area contributed by atoms with Gasteiger partial charge in [-0.2, -0.15) is 0 Å². The number of fused-ring (bicyclic) bond motifs is 5. The van der Waals surface area contributed by atoms with Gasteiger partial charge in [0.05, 0.1) is 6.10 Å². The Bertz CT molecular complexity index is 805. The average Bonchev–Trinajstić information content (AvgIpc) is 3.19. The molecule has 4 aliphatic carbocycles. The second-order valence-corrected chi connectivity index (χ2v) is 13.5. The van der Waals surface area contributed by atoms with E-state index in [1.165, 1.54) is 12.8 Å². The predicted molar refractivity (Wildman–Crippen MR) is 135 cm³/mol. The van der Waals surface area contributed by atoms with Gasteiger partial charge in [-0.15, -0.1) is 0 Å². The highest BCUT2D eigenvalue weighted by molar-refractivity contribution is 5.85. The molecule has 1 aliphatic heterocycles. The van der Waals surface area contributed by atoms with Gasteiger partial charge in [0.15, 0.2) is 6.29 Å². The number of rotatable bonds is 6. The van der Waals surface area contributed by atoms with Crippen LogP contribution in [0.25, 0.3) is 0 Å². The van der Waals surface area contributed by atoms with Crippen LogP contribution < -0.4 is 0 Å². The first-order chi connectivity index (χ1) is 16.6. The summed E-state index contributed by atoms with van der Waals surface area (Å²) in [5.41, 5.74) is 0.399. The van der Waals surface area contributed by atoms with E-state index < -0.39 is 5.97 Å². The van der Waals surface area contributed by atoms with E-state index in [0.717, 1.165) is 64.4 Å². The molecule has 1 heterocycles. The van der Waals surface area contributed by atoms with Crippen molar-refractivity contribution in [2.75, 3.05) is 6.61 Å². The molecule has 0 spiro atoms. The zero-order chi connectivity index (χ0) is 25.0. The van der Waals surface area contributed by atoms with Crippen LogP contribution in [0.3, 0.4) is 0 Å². The summed E-state index contributed by atoms with van der Waals surface area (Å²) in [6, 6.07) is 0. The molecule has 0 aromatic rings. The van der Waals surface area contributed by atoms with E-state index in [1.54, 1.807) is 0 Å². The van der Waals surface area contributed by atoms with Crippen LogP contribution in [-0.2, 0) is 19.1 Å². The summed E-state index contributed by atoms with van der Waals surface area (Å²) in [5.74, 6) is 2.46. The fourth-order valence-corrected chi connectivity index (χ4v) is 10.0. The van der Waals surface area contributed by atoms with Gasteiger partial charge in [-0.1, -0.05) is 27.7 Å². The van der Waals surface area contributed by atoms with Crippen LogP contribution >= 0.6 is 0 Å². The van der Waals surface area contributed by atoms with Crippen molar-refractivity contribution >= 4 is 11.8 Å². The number of ketones is 1. The summed E-state index contributed by atoms with van der Waals surface area (Å²) >= 11 is 0. The van der Waals surface area contributed by atoms with Gasteiger partial charge < -0.3 is 14.6 Å². The Kier molecular flexibility index (Phi) is 7.15. The van der Waals surface area contributed by atoms with Crippen molar-refractivity contribution < 1.29 is 24.2 Å². The van der Waals surface area contributed by atoms with E-state index in [9.17, 15) is 14.7 Å². The molecule has 1 N–H and O–H groups in total. The normalized spacial score (nSPS) is 48.5. The van der Waals surface area contributed by atoms with Gasteiger partial charge in [-0.05, 0) is 111 Å². The maximum absolute atomic E-state index is 14.1. The minimum atomic E-state index is -0.690. The number of carbonyl (C=O) groups excluding carboxylic acids is 1. The number of carboxylic acid groups (broad SMARTS) is 1. The van der Waals surface area contributed by atoms with Crippen LogP contribution in [0.4, 0.5) is 0 Å². The van der Waals surface area contributed by atoms with Crippen LogP contribution in [0, 0.1) is 52.3 Å². The quantitative estimate of drug-likeness (QED) is 0.433. The molecule has 11 atom stereocenters. The molecule has 0 radical (unpaired) electrons. The van der Waals surface area contributed by atoms with E-state index in [4.69, 9.17) is 9.47 Å². The molecule has 5 fully saturated rings. The fourth-order valence-electron chi connectivity index (χ4n) is 10.0. The largest absolute Gasteiger partial charge is 0.481 e. The van der Waals surface area contributed by atoms with Gasteiger partial charge in [0.2, 0.25) is 0 Å². The van der Waals surface area contributed by atoms with Gasteiger partial charge in [0, 0.05) is 24.9 Å². The topological polar surface area (TPSA) is 72.8 Å². The van der Waals surface area contributed by atoms with Gasteiger partial charge >= 0.3 is 5.97 Å². The molecule has 5 rings (SSSR count). The van der Waals surface area contributed by atoms with E-state index in [2.05, 4.69) is 27.7 Å². The summed E-state index contributed by atoms with van der Waals surface area (Å²) in [7, 11) is 0. The van der Waals surface area contributed by atoms with Gasteiger partial charge in [-0.3, -0.25) is 9.59 Å². The number of hydrogen-bond donors (Lipinski definition) is 1. The van der Waals surface area contributed by atoms with Crippen molar-refractivity contribution in [3.05, 3.63) is 0 Å². The number of carbonyl (C=O) groups is 2. The maximum Gasteiger partial charge on any atom is 0.303 e. The standard InChI is InChI=1S/C30H48O5/c1-18(8-11-25(31)32)21-9-10-22-27-23(13-15-29(21,22)3)30(4)14-12-20(17-24(30)19(2)28(27)33)35-26-7-5-6-16-34-26/h18-24,26-27H,5-17H2,1-4H3,(H,31,32)/t18-,19-,20-,21?,22?,23?,24?,26?,27?,29-,30-/m1/s1. The second-order valence-electron chi connectivity index (χ2n) is 13.5. The molecule has 5 aliphatic rings. The Morgan fingerprint density at radius 2 is 1.80 bits per heavy atom. The molecule has 4 saturated carbocycles.